The molecule has 0 aliphatic heterocycles. The second kappa shape index (κ2) is 16.9. The largest absolute Gasteiger partial charge is 1.00 e. The first-order chi connectivity index (χ1) is 22.3. The van der Waals surface area contributed by atoms with E-state index in [1.165, 1.54) is 12.1 Å². The Morgan fingerprint density at radius 2 is 0.960 bits per heavy atom. The van der Waals surface area contributed by atoms with E-state index in [1.807, 2.05) is 0 Å². The molecule has 0 aliphatic rings. The first kappa shape index (κ1) is 43.7. The van der Waals surface area contributed by atoms with Crippen molar-refractivity contribution in [3.8, 4) is 5.75 Å². The van der Waals surface area contributed by atoms with E-state index in [1.54, 1.807) is 0 Å². The number of nitrogens with two attached hydrogens (primary N) is 1. The molecular weight excluding hydrogens is 765 g/mol. The molecule has 4 rings (SSSR count). The second-order valence-electron chi connectivity index (χ2n) is 9.69. The molecule has 4 aromatic rings. The van der Waals surface area contributed by atoms with Gasteiger partial charge < -0.3 is 30.2 Å². The Kier molecular flexibility index (Phi) is 14.8. The molecule has 18 nitrogen and oxygen atoms in total. The number of benzene rings is 4. The quantitative estimate of drug-likeness (QED) is 0.0465. The van der Waals surface area contributed by atoms with Crippen LogP contribution in [0.25, 0.3) is 10.8 Å². The number of fused-ring (bicyclic) bond motifs is 1. The van der Waals surface area contributed by atoms with Crippen molar-refractivity contribution in [1.82, 2.24) is 0 Å². The Morgan fingerprint density at radius 1 is 0.600 bits per heavy atom. The first-order valence-electron chi connectivity index (χ1n) is 13.0. The molecule has 0 saturated carbocycles. The van der Waals surface area contributed by atoms with Crippen molar-refractivity contribution in [1.29, 1.82) is 0 Å². The summed E-state index contributed by atoms with van der Waals surface area (Å²) in [4.78, 5) is -2.63. The van der Waals surface area contributed by atoms with Gasteiger partial charge in [-0.3, -0.25) is 0 Å². The molecule has 24 heteroatoms. The first-order valence-corrected chi connectivity index (χ1v) is 19.2. The molecular formula is C26H23N5Na2O13S4. The van der Waals surface area contributed by atoms with Gasteiger partial charge in [0.05, 0.1) is 66.7 Å². The van der Waals surface area contributed by atoms with E-state index < -0.39 is 108 Å². The average molecular weight is 788 g/mol. The molecule has 0 radical (unpaired) electrons. The third kappa shape index (κ3) is 9.92. The Labute approximate surface area is 330 Å². The van der Waals surface area contributed by atoms with E-state index in [9.17, 15) is 47.9 Å². The van der Waals surface area contributed by atoms with E-state index in [-0.39, 0.29) is 80.3 Å². The van der Waals surface area contributed by atoms with Crippen LogP contribution < -0.4 is 64.8 Å². The van der Waals surface area contributed by atoms with Gasteiger partial charge in [0.15, 0.2) is 25.4 Å². The fourth-order valence-corrected chi connectivity index (χ4v) is 7.58. The van der Waals surface area contributed by atoms with Crippen LogP contribution in [0.2, 0.25) is 0 Å². The summed E-state index contributed by atoms with van der Waals surface area (Å²) in [6.07, 6.45) is 0. The Bertz CT molecular complexity index is 2240. The molecule has 50 heavy (non-hydrogen) atoms. The molecule has 0 amide bonds. The maximum atomic E-state index is 12.2. The number of sulfone groups is 2. The Balaban J connectivity index is 0.00000433. The zero-order valence-electron chi connectivity index (χ0n) is 26.0. The van der Waals surface area contributed by atoms with Crippen molar-refractivity contribution in [2.24, 2.45) is 20.5 Å². The van der Waals surface area contributed by atoms with Crippen LogP contribution in [0.4, 0.5) is 28.4 Å². The van der Waals surface area contributed by atoms with Crippen molar-refractivity contribution < 1.29 is 117 Å². The number of anilines is 1. The standard InChI is InChI=1S/C26H25N5O13S4.2Na/c27-23-22-15(13-20(47(39,40)41)24(23)30-28-16-1-5-18(6-2-16)45(35,36)11-9-32)14-21(48(42,43)44)25(26(22)34)31-29-17-3-7-19(8-4-17)46(37,38)12-10-33;;/h1-8,13-14,32-34H,9-12,27H2,(H,39,40,41)(H,42,43,44);;/q;2*+1/p-2. The van der Waals surface area contributed by atoms with Gasteiger partial charge in [0.2, 0.25) is 0 Å². The van der Waals surface area contributed by atoms with Crippen LogP contribution in [0.1, 0.15) is 0 Å². The van der Waals surface area contributed by atoms with Crippen LogP contribution in [0.15, 0.2) is 101 Å². The van der Waals surface area contributed by atoms with Gasteiger partial charge in [0, 0.05) is 0 Å². The number of phenolic OH excluding ortho intramolecular Hbond substituents is 1. The van der Waals surface area contributed by atoms with Crippen molar-refractivity contribution in [3.05, 3.63) is 60.7 Å². The normalized spacial score (nSPS) is 12.6. The van der Waals surface area contributed by atoms with Crippen molar-refractivity contribution in [2.45, 2.75) is 19.6 Å². The molecule has 0 saturated heterocycles. The van der Waals surface area contributed by atoms with Crippen molar-refractivity contribution in [2.75, 3.05) is 30.5 Å². The van der Waals surface area contributed by atoms with Gasteiger partial charge in [-0.1, -0.05) is 0 Å². The minimum absolute atomic E-state index is 0. The molecule has 256 valence electrons. The summed E-state index contributed by atoms with van der Waals surface area (Å²) in [6, 6.07) is 10.4. The van der Waals surface area contributed by atoms with Gasteiger partial charge in [0.25, 0.3) is 0 Å². The number of nitrogen functional groups attached to an aromatic ring is 1. The second-order valence-corrected chi connectivity index (χ2v) is 16.6. The maximum absolute atomic E-state index is 12.2. The van der Waals surface area contributed by atoms with Crippen LogP contribution >= 0.6 is 0 Å². The SMILES string of the molecule is Nc1c(N=Nc2ccc(S(=O)(=O)CCO)cc2)c(S(=O)(=O)[O-])cc2cc(S(=O)(=O)[O-])c(N=Nc3ccc(S(=O)(=O)CCO)cc3)c(O)c12.[Na+].[Na+]. The predicted octanol–water partition coefficient (Wildman–Crippen LogP) is -3.69. The number of aliphatic hydroxyl groups is 2. The summed E-state index contributed by atoms with van der Waals surface area (Å²) < 4.78 is 121. The number of aliphatic hydroxyl groups excluding tert-OH is 2. The zero-order chi connectivity index (χ0) is 35.7. The molecule has 0 spiro atoms. The fraction of sp³-hybridized carbons (Fsp3) is 0.154. The third-order valence-corrected chi connectivity index (χ3v) is 11.6. The van der Waals surface area contributed by atoms with Gasteiger partial charge in [0.1, 0.15) is 31.6 Å². The number of nitrogens with zero attached hydrogens (tertiary/aromatic N) is 4. The summed E-state index contributed by atoms with van der Waals surface area (Å²) in [7, 11) is -18.5. The molecule has 0 aliphatic carbocycles. The fourth-order valence-electron chi connectivity index (χ4n) is 4.22. The van der Waals surface area contributed by atoms with E-state index >= 15 is 0 Å². The molecule has 0 aromatic heterocycles. The molecule has 0 unspecified atom stereocenters. The summed E-state index contributed by atoms with van der Waals surface area (Å²) >= 11 is 0. The minimum Gasteiger partial charge on any atom is -0.744 e. The third-order valence-electron chi connectivity index (χ3n) is 6.50. The Morgan fingerprint density at radius 3 is 1.32 bits per heavy atom. The summed E-state index contributed by atoms with van der Waals surface area (Å²) in [5.41, 5.74) is 3.54. The number of aromatic hydroxyl groups is 1. The van der Waals surface area contributed by atoms with E-state index in [2.05, 4.69) is 20.5 Å². The molecule has 0 fully saturated rings. The predicted molar refractivity (Wildman–Crippen MR) is 165 cm³/mol. The number of hydrogen-bond acceptors (Lipinski definition) is 18. The summed E-state index contributed by atoms with van der Waals surface area (Å²) in [5.74, 6) is -2.19. The van der Waals surface area contributed by atoms with Crippen LogP contribution in [0.5, 0.6) is 5.75 Å². The number of hydrogen-bond donors (Lipinski definition) is 4. The number of azo groups is 2. The van der Waals surface area contributed by atoms with Crippen LogP contribution in [0, 0.1) is 0 Å². The van der Waals surface area contributed by atoms with E-state index in [0.717, 1.165) is 36.4 Å². The summed E-state index contributed by atoms with van der Waals surface area (Å²) in [5, 5.41) is 42.9. The van der Waals surface area contributed by atoms with Crippen LogP contribution in [0.3, 0.4) is 0 Å². The van der Waals surface area contributed by atoms with E-state index in [0.29, 0.717) is 12.1 Å². The molecule has 4 aromatic carbocycles. The van der Waals surface area contributed by atoms with Crippen LogP contribution in [-0.2, 0) is 39.9 Å². The smallest absolute Gasteiger partial charge is 0.744 e. The zero-order valence-corrected chi connectivity index (χ0v) is 33.3. The van der Waals surface area contributed by atoms with Crippen molar-refractivity contribution in [3.63, 3.8) is 0 Å². The minimum atomic E-state index is -5.45. The van der Waals surface area contributed by atoms with Gasteiger partial charge in [-0.15, -0.1) is 10.2 Å². The molecule has 5 N–H and O–H groups in total. The maximum Gasteiger partial charge on any atom is 1.00 e. The van der Waals surface area contributed by atoms with Gasteiger partial charge >= 0.3 is 59.1 Å². The Hall–Kier alpha value is -2.42. The topological polar surface area (TPSA) is 319 Å². The monoisotopic (exact) mass is 787 g/mol. The molecule has 0 atom stereocenters. The number of phenols is 1. The number of rotatable bonds is 12. The van der Waals surface area contributed by atoms with Gasteiger partial charge in [-0.25, -0.2) is 33.7 Å². The van der Waals surface area contributed by atoms with Gasteiger partial charge in [-0.2, -0.15) is 10.2 Å². The molecule has 0 heterocycles. The summed E-state index contributed by atoms with van der Waals surface area (Å²) in [6.45, 7) is -1.25. The van der Waals surface area contributed by atoms with Crippen LogP contribution in [-0.4, -0.2) is 82.8 Å². The van der Waals surface area contributed by atoms with Crippen molar-refractivity contribution >= 4 is 79.1 Å². The molecule has 0 bridgehead atoms. The average Bonchev–Trinajstić information content (AvgIpc) is 2.99. The van der Waals surface area contributed by atoms with E-state index in [4.69, 9.17) is 15.9 Å². The van der Waals surface area contributed by atoms with Gasteiger partial charge in [-0.05, 0) is 66.0 Å².